The maximum Gasteiger partial charge on any atom is 0.303 e. The van der Waals surface area contributed by atoms with Crippen molar-refractivity contribution < 1.29 is 32.7 Å². The highest BCUT2D eigenvalue weighted by Gasteiger charge is 2.40. The molecule has 1 fully saturated rings. The van der Waals surface area contributed by atoms with E-state index in [0.29, 0.717) is 10.6 Å². The predicted octanol–water partition coefficient (Wildman–Crippen LogP) is 1.56. The molecule has 0 spiro atoms. The minimum Gasteiger partial charge on any atom is -0.481 e. The Morgan fingerprint density at radius 3 is 2.25 bits per heavy atom. The van der Waals surface area contributed by atoms with Gasteiger partial charge < -0.3 is 10.4 Å². The summed E-state index contributed by atoms with van der Waals surface area (Å²) in [7, 11) is -3.88. The Morgan fingerprint density at radius 1 is 1.06 bits per heavy atom. The molecule has 0 bridgehead atoms. The van der Waals surface area contributed by atoms with Crippen LogP contribution in [-0.2, 0) is 29.2 Å². The molecule has 1 heterocycles. The quantitative estimate of drug-likeness (QED) is 0.482. The number of imide groups is 1. The van der Waals surface area contributed by atoms with Gasteiger partial charge in [-0.15, -0.1) is 11.8 Å². The van der Waals surface area contributed by atoms with E-state index in [2.05, 4.69) is 5.32 Å². The fraction of sp³-hybridized carbons (Fsp3) is 0.200. The molecule has 0 radical (unpaired) electrons. The first kappa shape index (κ1) is 23.4. The fourth-order valence-corrected chi connectivity index (χ4v) is 4.55. The van der Waals surface area contributed by atoms with Gasteiger partial charge in [0, 0.05) is 23.4 Å². The average Bonchev–Trinajstić information content (AvgIpc) is 3.00. The van der Waals surface area contributed by atoms with Crippen molar-refractivity contribution in [1.29, 1.82) is 0 Å². The SMILES string of the molecule is NS(=O)(=O)c1ccc(N2C(=O)C[C@@H](Sc3ccc(NC(=O)CCC(=O)O)cc3)C2=O)cc1. The van der Waals surface area contributed by atoms with E-state index in [4.69, 9.17) is 10.2 Å². The van der Waals surface area contributed by atoms with Crippen LogP contribution in [0.4, 0.5) is 11.4 Å². The lowest BCUT2D eigenvalue weighted by Gasteiger charge is -2.15. The van der Waals surface area contributed by atoms with Gasteiger partial charge >= 0.3 is 5.97 Å². The van der Waals surface area contributed by atoms with Gasteiger partial charge in [0.2, 0.25) is 27.7 Å². The number of hydrogen-bond acceptors (Lipinski definition) is 7. The van der Waals surface area contributed by atoms with Gasteiger partial charge in [0.15, 0.2) is 0 Å². The second kappa shape index (κ2) is 9.51. The zero-order valence-electron chi connectivity index (χ0n) is 16.6. The highest BCUT2D eigenvalue weighted by atomic mass is 32.2. The number of hydrogen-bond donors (Lipinski definition) is 3. The van der Waals surface area contributed by atoms with Crippen molar-refractivity contribution in [3.8, 4) is 0 Å². The Hall–Kier alpha value is -3.22. The third-order valence-electron chi connectivity index (χ3n) is 4.51. The summed E-state index contributed by atoms with van der Waals surface area (Å²) in [6.07, 6.45) is -0.425. The summed E-state index contributed by atoms with van der Waals surface area (Å²) in [6.45, 7) is 0. The summed E-state index contributed by atoms with van der Waals surface area (Å²) >= 11 is 1.19. The van der Waals surface area contributed by atoms with Crippen molar-refractivity contribution >= 4 is 56.9 Å². The topological polar surface area (TPSA) is 164 Å². The van der Waals surface area contributed by atoms with Gasteiger partial charge in [0.25, 0.3) is 0 Å². The number of benzene rings is 2. The molecule has 2 aromatic carbocycles. The molecule has 0 aromatic heterocycles. The Bertz CT molecular complexity index is 1160. The molecule has 0 saturated carbocycles. The van der Waals surface area contributed by atoms with E-state index in [1.54, 1.807) is 24.3 Å². The predicted molar refractivity (Wildman–Crippen MR) is 117 cm³/mol. The minimum atomic E-state index is -3.88. The molecule has 1 aliphatic rings. The second-order valence-corrected chi connectivity index (χ2v) is 9.72. The molecular formula is C20H19N3O7S2. The molecule has 2 aromatic rings. The van der Waals surface area contributed by atoms with E-state index >= 15 is 0 Å². The number of nitrogens with two attached hydrogens (primary N) is 1. The largest absolute Gasteiger partial charge is 0.481 e. The van der Waals surface area contributed by atoms with E-state index in [-0.39, 0.29) is 29.8 Å². The molecule has 1 atom stereocenters. The number of primary sulfonamides is 1. The fourth-order valence-electron chi connectivity index (χ4n) is 2.98. The summed E-state index contributed by atoms with van der Waals surface area (Å²) in [4.78, 5) is 49.0. The smallest absolute Gasteiger partial charge is 0.303 e. The molecule has 1 saturated heterocycles. The average molecular weight is 478 g/mol. The Morgan fingerprint density at radius 2 is 1.69 bits per heavy atom. The van der Waals surface area contributed by atoms with Crippen LogP contribution in [0.3, 0.4) is 0 Å². The molecule has 3 amide bonds. The van der Waals surface area contributed by atoms with Crippen LogP contribution in [0.1, 0.15) is 19.3 Å². The first-order valence-corrected chi connectivity index (χ1v) is 11.8. The summed E-state index contributed by atoms with van der Waals surface area (Å²) in [5, 5.41) is 15.6. The maximum absolute atomic E-state index is 12.8. The van der Waals surface area contributed by atoms with Gasteiger partial charge in [-0.05, 0) is 48.5 Å². The van der Waals surface area contributed by atoms with Gasteiger partial charge in [0.05, 0.1) is 22.3 Å². The number of amides is 3. The number of aliphatic carboxylic acids is 1. The zero-order chi connectivity index (χ0) is 23.5. The van der Waals surface area contributed by atoms with Crippen LogP contribution in [0.5, 0.6) is 0 Å². The first-order chi connectivity index (χ1) is 15.0. The summed E-state index contributed by atoms with van der Waals surface area (Å²) in [5.74, 6) is -2.31. The summed E-state index contributed by atoms with van der Waals surface area (Å²) in [6, 6.07) is 11.8. The highest BCUT2D eigenvalue weighted by molar-refractivity contribution is 8.00. The molecule has 10 nitrogen and oxygen atoms in total. The van der Waals surface area contributed by atoms with Crippen LogP contribution in [0, 0.1) is 0 Å². The summed E-state index contributed by atoms with van der Waals surface area (Å²) < 4.78 is 22.7. The van der Waals surface area contributed by atoms with Crippen LogP contribution in [0.2, 0.25) is 0 Å². The van der Waals surface area contributed by atoms with Crippen molar-refractivity contribution in [3.63, 3.8) is 0 Å². The third-order valence-corrected chi connectivity index (χ3v) is 6.64. The molecule has 4 N–H and O–H groups in total. The van der Waals surface area contributed by atoms with Crippen molar-refractivity contribution in [2.75, 3.05) is 10.2 Å². The standard InChI is InChI=1S/C20H19N3O7S2/c21-32(29,30)15-7-3-13(4-8-15)23-18(25)11-16(20(23)28)31-14-5-1-12(2-6-14)22-17(24)9-10-19(26)27/h1-8,16H,9-11H2,(H,22,24)(H,26,27)(H2,21,29,30)/t16-/m1/s1. The van der Waals surface area contributed by atoms with E-state index in [0.717, 1.165) is 4.90 Å². The number of carboxylic acid groups (broad SMARTS) is 1. The number of thioether (sulfide) groups is 1. The number of carboxylic acids is 1. The lowest BCUT2D eigenvalue weighted by atomic mass is 10.2. The lowest BCUT2D eigenvalue weighted by molar-refractivity contribution is -0.138. The number of rotatable bonds is 8. The van der Waals surface area contributed by atoms with Crippen LogP contribution in [0.15, 0.2) is 58.3 Å². The van der Waals surface area contributed by atoms with E-state index in [1.165, 1.54) is 36.0 Å². The van der Waals surface area contributed by atoms with Crippen LogP contribution in [0.25, 0.3) is 0 Å². The second-order valence-electron chi connectivity index (χ2n) is 6.88. The number of nitrogens with one attached hydrogen (secondary N) is 1. The number of carbonyl (C=O) groups is 4. The number of anilines is 2. The van der Waals surface area contributed by atoms with E-state index < -0.39 is 39.0 Å². The van der Waals surface area contributed by atoms with E-state index in [9.17, 15) is 27.6 Å². The minimum absolute atomic E-state index is 0.0197. The Labute approximate surface area is 187 Å². The van der Waals surface area contributed by atoms with Crippen molar-refractivity contribution in [1.82, 2.24) is 0 Å². The molecule has 1 aliphatic heterocycles. The number of carbonyl (C=O) groups excluding carboxylic acids is 3. The number of nitrogens with zero attached hydrogens (tertiary/aromatic N) is 1. The van der Waals surface area contributed by atoms with Gasteiger partial charge in [0.1, 0.15) is 0 Å². The zero-order valence-corrected chi connectivity index (χ0v) is 18.2. The van der Waals surface area contributed by atoms with Crippen LogP contribution >= 0.6 is 11.8 Å². The molecule has 12 heteroatoms. The summed E-state index contributed by atoms with van der Waals surface area (Å²) in [5.41, 5.74) is 0.741. The van der Waals surface area contributed by atoms with Crippen LogP contribution < -0.4 is 15.4 Å². The van der Waals surface area contributed by atoms with Gasteiger partial charge in [-0.1, -0.05) is 0 Å². The van der Waals surface area contributed by atoms with Crippen LogP contribution in [-0.4, -0.2) is 42.5 Å². The van der Waals surface area contributed by atoms with E-state index in [1.807, 2.05) is 0 Å². The Kier molecular flexibility index (Phi) is 6.96. The number of sulfonamides is 1. The molecular weight excluding hydrogens is 458 g/mol. The van der Waals surface area contributed by atoms with Crippen molar-refractivity contribution in [2.24, 2.45) is 5.14 Å². The van der Waals surface area contributed by atoms with Crippen molar-refractivity contribution in [3.05, 3.63) is 48.5 Å². The first-order valence-electron chi connectivity index (χ1n) is 9.32. The normalized spacial score (nSPS) is 16.3. The molecule has 3 rings (SSSR count). The van der Waals surface area contributed by atoms with Gasteiger partial charge in [-0.25, -0.2) is 18.5 Å². The molecule has 0 unspecified atom stereocenters. The van der Waals surface area contributed by atoms with Gasteiger partial charge in [-0.3, -0.25) is 19.2 Å². The lowest BCUT2D eigenvalue weighted by Crippen LogP contribution is -2.31. The maximum atomic E-state index is 12.8. The van der Waals surface area contributed by atoms with Gasteiger partial charge in [-0.2, -0.15) is 0 Å². The highest BCUT2D eigenvalue weighted by Crippen LogP contribution is 2.34. The molecule has 0 aliphatic carbocycles. The third kappa shape index (κ3) is 5.72. The molecule has 168 valence electrons. The monoisotopic (exact) mass is 477 g/mol. The Balaban J connectivity index is 1.64. The van der Waals surface area contributed by atoms with Crippen molar-refractivity contribution in [2.45, 2.75) is 34.3 Å². The molecule has 32 heavy (non-hydrogen) atoms.